The maximum Gasteiger partial charge on any atom is 0.265 e. The summed E-state index contributed by atoms with van der Waals surface area (Å²) in [5.41, 5.74) is 0.502. The predicted molar refractivity (Wildman–Crippen MR) is 86.6 cm³/mol. The maximum absolute atomic E-state index is 12.6. The van der Waals surface area contributed by atoms with E-state index >= 15 is 0 Å². The molecule has 3 rings (SSSR count). The minimum absolute atomic E-state index is 0.0524. The zero-order chi connectivity index (χ0) is 15.6. The zero-order valence-electron chi connectivity index (χ0n) is 11.5. The van der Waals surface area contributed by atoms with Gasteiger partial charge in [-0.2, -0.15) is 0 Å². The molecule has 1 aliphatic rings. The van der Waals surface area contributed by atoms with Crippen molar-refractivity contribution in [2.75, 3.05) is 17.9 Å². The van der Waals surface area contributed by atoms with Gasteiger partial charge in [0.1, 0.15) is 23.4 Å². The molecule has 1 N–H and O–H groups in total. The zero-order valence-corrected chi connectivity index (χ0v) is 13.9. The molecule has 2 aromatic carbocycles. The SMILES string of the molecule is O=S(=O)(Nc1ccccc1)c1ccc(Br)cc1OCC1CO1. The highest BCUT2D eigenvalue weighted by atomic mass is 79.9. The topological polar surface area (TPSA) is 67.9 Å². The van der Waals surface area contributed by atoms with Gasteiger partial charge in [-0.1, -0.05) is 34.1 Å². The van der Waals surface area contributed by atoms with E-state index in [1.54, 1.807) is 36.4 Å². The van der Waals surface area contributed by atoms with E-state index in [4.69, 9.17) is 9.47 Å². The van der Waals surface area contributed by atoms with Gasteiger partial charge in [-0.05, 0) is 30.3 Å². The molecule has 0 bridgehead atoms. The molecular formula is C15H14BrNO4S. The molecule has 1 unspecified atom stereocenters. The van der Waals surface area contributed by atoms with Crippen LogP contribution in [-0.4, -0.2) is 27.7 Å². The summed E-state index contributed by atoms with van der Waals surface area (Å²) in [4.78, 5) is 0.0974. The van der Waals surface area contributed by atoms with Crippen molar-refractivity contribution in [1.82, 2.24) is 0 Å². The number of epoxide rings is 1. The van der Waals surface area contributed by atoms with Gasteiger partial charge in [0.2, 0.25) is 0 Å². The molecule has 0 radical (unpaired) electrons. The van der Waals surface area contributed by atoms with E-state index < -0.39 is 10.0 Å². The molecule has 0 amide bonds. The monoisotopic (exact) mass is 383 g/mol. The fourth-order valence-electron chi connectivity index (χ4n) is 1.88. The second-order valence-corrected chi connectivity index (χ2v) is 7.40. The van der Waals surface area contributed by atoms with Crippen LogP contribution in [0.2, 0.25) is 0 Å². The number of benzene rings is 2. The molecule has 0 aliphatic carbocycles. The van der Waals surface area contributed by atoms with Crippen molar-refractivity contribution in [3.63, 3.8) is 0 Å². The minimum atomic E-state index is -3.72. The molecule has 1 heterocycles. The highest BCUT2D eigenvalue weighted by Crippen LogP contribution is 2.30. The average molecular weight is 384 g/mol. The number of anilines is 1. The van der Waals surface area contributed by atoms with Crippen molar-refractivity contribution in [3.8, 4) is 5.75 Å². The van der Waals surface area contributed by atoms with Gasteiger partial charge in [-0.25, -0.2) is 8.42 Å². The lowest BCUT2D eigenvalue weighted by Crippen LogP contribution is -2.15. The smallest absolute Gasteiger partial charge is 0.265 e. The van der Waals surface area contributed by atoms with Crippen LogP contribution < -0.4 is 9.46 Å². The molecule has 1 atom stereocenters. The third-order valence-corrected chi connectivity index (χ3v) is 4.96. The summed E-state index contributed by atoms with van der Waals surface area (Å²) < 4.78 is 39.1. The first-order valence-electron chi connectivity index (χ1n) is 6.66. The van der Waals surface area contributed by atoms with Crippen molar-refractivity contribution in [2.45, 2.75) is 11.0 Å². The van der Waals surface area contributed by atoms with Gasteiger partial charge in [0.15, 0.2) is 0 Å². The molecule has 22 heavy (non-hydrogen) atoms. The summed E-state index contributed by atoms with van der Waals surface area (Å²) in [6.45, 7) is 0.989. The van der Waals surface area contributed by atoms with Crippen LogP contribution in [0.25, 0.3) is 0 Å². The fourth-order valence-corrected chi connectivity index (χ4v) is 3.41. The average Bonchev–Trinajstić information content (AvgIpc) is 3.29. The summed E-state index contributed by atoms with van der Waals surface area (Å²) >= 11 is 3.33. The third kappa shape index (κ3) is 3.79. The molecule has 1 saturated heterocycles. The van der Waals surface area contributed by atoms with Crippen LogP contribution in [0, 0.1) is 0 Å². The quantitative estimate of drug-likeness (QED) is 0.778. The second-order valence-electron chi connectivity index (χ2n) is 4.83. The lowest BCUT2D eigenvalue weighted by atomic mass is 10.3. The normalized spacial score (nSPS) is 17.0. The number of sulfonamides is 1. The Kier molecular flexibility index (Phi) is 4.37. The third-order valence-electron chi connectivity index (χ3n) is 3.05. The predicted octanol–water partition coefficient (Wildman–Crippen LogP) is 3.03. The summed E-state index contributed by atoms with van der Waals surface area (Å²) in [5.74, 6) is 0.299. The molecule has 1 fully saturated rings. The standard InChI is InChI=1S/C15H14BrNO4S/c16-11-6-7-15(14(8-11)21-10-13-9-20-13)22(18,19)17-12-4-2-1-3-5-12/h1-8,13,17H,9-10H2. The van der Waals surface area contributed by atoms with E-state index in [0.29, 0.717) is 24.7 Å². The number of ether oxygens (including phenoxy) is 2. The number of halogens is 1. The number of nitrogens with one attached hydrogen (secondary N) is 1. The van der Waals surface area contributed by atoms with Crippen LogP contribution in [0.1, 0.15) is 0 Å². The van der Waals surface area contributed by atoms with Gasteiger partial charge in [0.25, 0.3) is 10.0 Å². The fraction of sp³-hybridized carbons (Fsp3) is 0.200. The first-order chi connectivity index (χ1) is 10.5. The Morgan fingerprint density at radius 2 is 1.95 bits per heavy atom. The Morgan fingerprint density at radius 3 is 2.64 bits per heavy atom. The lowest BCUT2D eigenvalue weighted by Gasteiger charge is -2.13. The van der Waals surface area contributed by atoms with Crippen LogP contribution in [-0.2, 0) is 14.8 Å². The Labute approximate surface area is 137 Å². The Morgan fingerprint density at radius 1 is 1.23 bits per heavy atom. The number of hydrogen-bond donors (Lipinski definition) is 1. The summed E-state index contributed by atoms with van der Waals surface area (Å²) in [7, 11) is -3.72. The van der Waals surface area contributed by atoms with Crippen LogP contribution >= 0.6 is 15.9 Å². The van der Waals surface area contributed by atoms with Gasteiger partial charge in [-0.15, -0.1) is 0 Å². The van der Waals surface area contributed by atoms with Crippen molar-refractivity contribution in [2.24, 2.45) is 0 Å². The van der Waals surface area contributed by atoms with E-state index in [1.165, 1.54) is 6.07 Å². The first kappa shape index (κ1) is 15.3. The molecule has 0 spiro atoms. The van der Waals surface area contributed by atoms with Gasteiger partial charge >= 0.3 is 0 Å². The molecular weight excluding hydrogens is 370 g/mol. The van der Waals surface area contributed by atoms with Crippen LogP contribution in [0.5, 0.6) is 5.75 Å². The molecule has 1 aliphatic heterocycles. The van der Waals surface area contributed by atoms with Crippen molar-refractivity contribution < 1.29 is 17.9 Å². The van der Waals surface area contributed by atoms with Gasteiger partial charge < -0.3 is 9.47 Å². The first-order valence-corrected chi connectivity index (χ1v) is 8.94. The van der Waals surface area contributed by atoms with Crippen LogP contribution in [0.3, 0.4) is 0 Å². The van der Waals surface area contributed by atoms with Crippen LogP contribution in [0.4, 0.5) is 5.69 Å². The molecule has 0 saturated carbocycles. The second kappa shape index (κ2) is 6.28. The number of rotatable bonds is 6. The van der Waals surface area contributed by atoms with Crippen molar-refractivity contribution in [1.29, 1.82) is 0 Å². The number of hydrogen-bond acceptors (Lipinski definition) is 4. The van der Waals surface area contributed by atoms with Crippen molar-refractivity contribution >= 4 is 31.6 Å². The maximum atomic E-state index is 12.6. The molecule has 2 aromatic rings. The van der Waals surface area contributed by atoms with E-state index in [2.05, 4.69) is 20.7 Å². The van der Waals surface area contributed by atoms with Crippen LogP contribution in [0.15, 0.2) is 57.9 Å². The van der Waals surface area contributed by atoms with Gasteiger partial charge in [-0.3, -0.25) is 4.72 Å². The van der Waals surface area contributed by atoms with Gasteiger partial charge in [0.05, 0.1) is 6.61 Å². The lowest BCUT2D eigenvalue weighted by molar-refractivity contribution is 0.258. The van der Waals surface area contributed by atoms with E-state index in [0.717, 1.165) is 4.47 Å². The largest absolute Gasteiger partial charge is 0.489 e. The molecule has 5 nitrogen and oxygen atoms in total. The van der Waals surface area contributed by atoms with Gasteiger partial charge in [0, 0.05) is 10.2 Å². The van der Waals surface area contributed by atoms with E-state index in [9.17, 15) is 8.42 Å². The Bertz CT molecular complexity index is 760. The summed E-state index contributed by atoms with van der Waals surface area (Å²) in [5, 5.41) is 0. The minimum Gasteiger partial charge on any atom is -0.489 e. The summed E-state index contributed by atoms with van der Waals surface area (Å²) in [6, 6.07) is 13.6. The highest BCUT2D eigenvalue weighted by molar-refractivity contribution is 9.10. The molecule has 0 aromatic heterocycles. The van der Waals surface area contributed by atoms with Crippen molar-refractivity contribution in [3.05, 3.63) is 53.0 Å². The van der Waals surface area contributed by atoms with E-state index in [1.807, 2.05) is 6.07 Å². The number of para-hydroxylation sites is 1. The Hall–Kier alpha value is -1.57. The van der Waals surface area contributed by atoms with E-state index in [-0.39, 0.29) is 11.0 Å². The molecule has 116 valence electrons. The Balaban J connectivity index is 1.88. The summed E-state index contributed by atoms with van der Waals surface area (Å²) in [6.07, 6.45) is 0.0524. The highest BCUT2D eigenvalue weighted by Gasteiger charge is 2.26. The molecule has 7 heteroatoms.